The maximum atomic E-state index is 12.6. The highest BCUT2D eigenvalue weighted by Gasteiger charge is 2.22. The van der Waals surface area contributed by atoms with Crippen molar-refractivity contribution in [3.63, 3.8) is 0 Å². The van der Waals surface area contributed by atoms with Gasteiger partial charge in [-0.05, 0) is 56.2 Å². The molecule has 0 bridgehead atoms. The molecule has 1 atom stereocenters. The molecule has 0 fully saturated rings. The average Bonchev–Trinajstić information content (AvgIpc) is 2.87. The van der Waals surface area contributed by atoms with Crippen LogP contribution in [0.3, 0.4) is 0 Å². The molecule has 1 aromatic carbocycles. The molecule has 0 aliphatic heterocycles. The van der Waals surface area contributed by atoms with E-state index in [0.29, 0.717) is 41.9 Å². The molecule has 1 amide bonds. The van der Waals surface area contributed by atoms with Gasteiger partial charge in [0.1, 0.15) is 11.8 Å². The number of rotatable bonds is 14. The highest BCUT2D eigenvalue weighted by molar-refractivity contribution is 6.69. The normalized spacial score (nSPS) is 12.2. The van der Waals surface area contributed by atoms with Gasteiger partial charge >= 0.3 is 5.97 Å². The molecule has 0 aliphatic rings. The molecule has 0 saturated heterocycles. The van der Waals surface area contributed by atoms with Crippen molar-refractivity contribution >= 4 is 54.6 Å². The third kappa shape index (κ3) is 9.26. The largest absolute Gasteiger partial charge is 0.480 e. The van der Waals surface area contributed by atoms with Gasteiger partial charge in [0.2, 0.25) is 5.95 Å². The van der Waals surface area contributed by atoms with Crippen LogP contribution in [0.2, 0.25) is 19.1 Å². The molecule has 0 saturated carbocycles. The molecule has 3 aromatic rings. The minimum absolute atomic E-state index is 0.00866. The Morgan fingerprint density at radius 3 is 2.41 bits per heavy atom. The maximum absolute atomic E-state index is 12.6. The van der Waals surface area contributed by atoms with Crippen LogP contribution in [0, 0.1) is 0 Å². The summed E-state index contributed by atoms with van der Waals surface area (Å²) in [5, 5.41) is 15.2. The first-order valence-electron chi connectivity index (χ1n) is 12.6. The van der Waals surface area contributed by atoms with E-state index in [2.05, 4.69) is 30.6 Å². The Kier molecular flexibility index (Phi) is 9.84. The van der Waals surface area contributed by atoms with E-state index in [1.165, 1.54) is 6.20 Å². The van der Waals surface area contributed by atoms with Crippen LogP contribution in [0.1, 0.15) is 48.2 Å². The number of fused-ring (bicyclic) bond motifs is 1. The number of anilines is 3. The Balaban J connectivity index is 1.49. The van der Waals surface area contributed by atoms with Crippen LogP contribution in [0.5, 0.6) is 0 Å². The number of aromatic nitrogens is 4. The van der Waals surface area contributed by atoms with Crippen LogP contribution in [0.4, 0.5) is 17.5 Å². The van der Waals surface area contributed by atoms with Gasteiger partial charge in [-0.15, -0.1) is 0 Å². The zero-order chi connectivity index (χ0) is 28.6. The van der Waals surface area contributed by atoms with E-state index in [0.717, 1.165) is 12.5 Å². The number of carbonyl (C=O) groups excluding carboxylic acids is 2. The van der Waals surface area contributed by atoms with Crippen LogP contribution in [-0.4, -0.2) is 61.9 Å². The van der Waals surface area contributed by atoms with Gasteiger partial charge in [0.15, 0.2) is 25.3 Å². The Labute approximate surface area is 226 Å². The molecule has 0 unspecified atom stereocenters. The summed E-state index contributed by atoms with van der Waals surface area (Å²) in [4.78, 5) is 62.8. The van der Waals surface area contributed by atoms with Crippen LogP contribution in [0.25, 0.3) is 11.2 Å². The number of carbonyl (C=O) groups is 3. The predicted octanol–water partition coefficient (Wildman–Crippen LogP) is 2.10. The molecule has 39 heavy (non-hydrogen) atoms. The van der Waals surface area contributed by atoms with Gasteiger partial charge in [-0.3, -0.25) is 9.59 Å². The van der Waals surface area contributed by atoms with E-state index >= 15 is 0 Å². The number of ketones is 1. The number of nitrogens with two attached hydrogens (primary N) is 2. The molecule has 13 nitrogen and oxygen atoms in total. The second-order valence-electron chi connectivity index (χ2n) is 9.89. The molecule has 0 aliphatic carbocycles. The van der Waals surface area contributed by atoms with E-state index < -0.39 is 26.2 Å². The van der Waals surface area contributed by atoms with Crippen molar-refractivity contribution in [1.29, 1.82) is 0 Å². The Morgan fingerprint density at radius 2 is 1.74 bits per heavy atom. The first-order valence-corrected chi connectivity index (χ1v) is 15.7. The van der Waals surface area contributed by atoms with Crippen molar-refractivity contribution in [2.45, 2.75) is 63.8 Å². The van der Waals surface area contributed by atoms with Crippen molar-refractivity contribution < 1.29 is 24.3 Å². The minimum Gasteiger partial charge on any atom is -0.480 e. The number of carboxylic acids is 1. The monoisotopic (exact) mass is 554 g/mol. The summed E-state index contributed by atoms with van der Waals surface area (Å²) < 4.78 is 0. The summed E-state index contributed by atoms with van der Waals surface area (Å²) >= 11 is 0. The van der Waals surface area contributed by atoms with Gasteiger partial charge in [-0.1, -0.05) is 6.42 Å². The number of hydrogen-bond acceptors (Lipinski definition) is 11. The van der Waals surface area contributed by atoms with Crippen molar-refractivity contribution in [3.8, 4) is 0 Å². The SMILES string of the molecule is C[Si](C)(O)CCCCC(=O)CC[C@H](NC(=O)c1ccc(NCc2cnc3nc(N)nc(N)c3n2)cc1)C(=O)O. The van der Waals surface area contributed by atoms with Gasteiger partial charge in [0.25, 0.3) is 5.91 Å². The fourth-order valence-electron chi connectivity index (χ4n) is 3.81. The number of unbranched alkanes of at least 4 members (excludes halogenated alkanes) is 1. The van der Waals surface area contributed by atoms with E-state index in [-0.39, 0.29) is 36.0 Å². The van der Waals surface area contributed by atoms with Gasteiger partial charge in [0, 0.05) is 24.1 Å². The first-order chi connectivity index (χ1) is 18.4. The lowest BCUT2D eigenvalue weighted by molar-refractivity contribution is -0.139. The summed E-state index contributed by atoms with van der Waals surface area (Å²) in [6, 6.07) is 6.03. The molecule has 0 spiro atoms. The van der Waals surface area contributed by atoms with Crippen molar-refractivity contribution in [2.24, 2.45) is 0 Å². The van der Waals surface area contributed by atoms with E-state index in [9.17, 15) is 24.3 Å². The molecule has 2 aromatic heterocycles. The number of aliphatic carboxylic acids is 1. The van der Waals surface area contributed by atoms with E-state index in [4.69, 9.17) is 11.5 Å². The number of nitrogen functional groups attached to an aromatic ring is 2. The lowest BCUT2D eigenvalue weighted by atomic mass is 10.0. The smallest absolute Gasteiger partial charge is 0.326 e. The lowest BCUT2D eigenvalue weighted by Gasteiger charge is -2.15. The molecule has 0 radical (unpaired) electrons. The lowest BCUT2D eigenvalue weighted by Crippen LogP contribution is -2.41. The molecule has 14 heteroatoms. The second-order valence-corrected chi connectivity index (χ2v) is 14.0. The average molecular weight is 555 g/mol. The van der Waals surface area contributed by atoms with Crippen LogP contribution in [-0.2, 0) is 16.1 Å². The summed E-state index contributed by atoms with van der Waals surface area (Å²) in [6.45, 7) is 4.02. The van der Waals surface area contributed by atoms with E-state index in [1.807, 2.05) is 13.1 Å². The second kappa shape index (κ2) is 13.1. The summed E-state index contributed by atoms with van der Waals surface area (Å²) in [5.41, 5.74) is 13.6. The Morgan fingerprint density at radius 1 is 1.03 bits per heavy atom. The van der Waals surface area contributed by atoms with Gasteiger partial charge in [-0.2, -0.15) is 9.97 Å². The first kappa shape index (κ1) is 29.4. The molecule has 3 rings (SSSR count). The van der Waals surface area contributed by atoms with Crippen molar-refractivity contribution in [2.75, 3.05) is 16.8 Å². The summed E-state index contributed by atoms with van der Waals surface area (Å²) in [5.74, 6) is -1.66. The number of hydrogen-bond donors (Lipinski definition) is 6. The zero-order valence-electron chi connectivity index (χ0n) is 22.0. The molecule has 8 N–H and O–H groups in total. The summed E-state index contributed by atoms with van der Waals surface area (Å²) in [7, 11) is -2.13. The fraction of sp³-hybridized carbons (Fsp3) is 0.400. The third-order valence-corrected chi connectivity index (χ3v) is 7.51. The van der Waals surface area contributed by atoms with Crippen LogP contribution >= 0.6 is 0 Å². The maximum Gasteiger partial charge on any atom is 0.326 e. The van der Waals surface area contributed by atoms with Crippen LogP contribution in [0.15, 0.2) is 30.5 Å². The van der Waals surface area contributed by atoms with Crippen molar-refractivity contribution in [3.05, 3.63) is 41.7 Å². The number of nitrogens with zero attached hydrogens (tertiary/aromatic N) is 4. The summed E-state index contributed by atoms with van der Waals surface area (Å²) in [6.07, 6.45) is 3.36. The number of amides is 1. The molecule has 2 heterocycles. The van der Waals surface area contributed by atoms with Gasteiger partial charge in [-0.25, -0.2) is 14.8 Å². The predicted molar refractivity (Wildman–Crippen MR) is 149 cm³/mol. The highest BCUT2D eigenvalue weighted by Crippen LogP contribution is 2.17. The third-order valence-electron chi connectivity index (χ3n) is 5.93. The number of carboxylic acid groups (broad SMARTS) is 1. The Bertz CT molecular complexity index is 1330. The molecule has 208 valence electrons. The van der Waals surface area contributed by atoms with E-state index in [1.54, 1.807) is 24.3 Å². The quantitative estimate of drug-likeness (QED) is 0.125. The topological polar surface area (TPSA) is 219 Å². The standard InChI is InChI=1S/C25H34N8O5Si/c1-39(2,38)12-4-3-5-18(34)10-11-19(24(36)37)31-23(35)15-6-8-16(9-7-15)28-13-17-14-29-22-20(30-17)21(26)32-25(27)33-22/h6-9,14,19,28,38H,3-5,10-13H2,1-2H3,(H,31,35)(H,36,37)(H4,26,27,29,32,33)/t19-/m0/s1. The zero-order valence-corrected chi connectivity index (χ0v) is 23.0. The number of Topliss-reactive ketones (excluding diaryl/α,β-unsaturated/α-hetero) is 1. The number of benzene rings is 1. The van der Waals surface area contributed by atoms with Gasteiger partial charge in [0.05, 0.1) is 18.4 Å². The van der Waals surface area contributed by atoms with Crippen molar-refractivity contribution in [1.82, 2.24) is 25.3 Å². The number of nitrogens with one attached hydrogen (secondary N) is 2. The molecular formula is C25H34N8O5Si. The highest BCUT2D eigenvalue weighted by atomic mass is 28.4. The van der Waals surface area contributed by atoms with Gasteiger partial charge < -0.3 is 32.0 Å². The minimum atomic E-state index is -2.13. The molecular weight excluding hydrogens is 520 g/mol. The van der Waals surface area contributed by atoms with Crippen LogP contribution < -0.4 is 22.1 Å². The Hall–Kier alpha value is -4.17. The fourth-order valence-corrected chi connectivity index (χ4v) is 4.92.